The fourth-order valence-electron chi connectivity index (χ4n) is 1.53. The summed E-state index contributed by atoms with van der Waals surface area (Å²) in [6.45, 7) is 0. The lowest BCUT2D eigenvalue weighted by Crippen LogP contribution is -2.11. The molecular weight excluding hydrogens is 292 g/mol. The summed E-state index contributed by atoms with van der Waals surface area (Å²) in [7, 11) is 0. The van der Waals surface area contributed by atoms with Gasteiger partial charge in [0.2, 0.25) is 0 Å². The van der Waals surface area contributed by atoms with Crippen LogP contribution in [0.2, 0.25) is 0 Å². The van der Waals surface area contributed by atoms with Crippen molar-refractivity contribution >= 4 is 0 Å². The van der Waals surface area contributed by atoms with Gasteiger partial charge in [-0.2, -0.15) is 26.3 Å². The van der Waals surface area contributed by atoms with Crippen molar-refractivity contribution in [2.75, 3.05) is 0 Å². The van der Waals surface area contributed by atoms with E-state index in [2.05, 4.69) is 4.42 Å². The van der Waals surface area contributed by atoms with Gasteiger partial charge in [-0.1, -0.05) is 0 Å². The highest BCUT2D eigenvalue weighted by atomic mass is 19.4. The van der Waals surface area contributed by atoms with E-state index in [9.17, 15) is 31.1 Å². The summed E-state index contributed by atoms with van der Waals surface area (Å²) in [5.74, 6) is -0.981. The summed E-state index contributed by atoms with van der Waals surface area (Å²) in [5.41, 5.74) is -3.65. The summed E-state index contributed by atoms with van der Waals surface area (Å²) < 4.78 is 79.9. The normalized spacial score (nSPS) is 12.7. The summed E-state index contributed by atoms with van der Waals surface area (Å²) in [6.07, 6.45) is -9.14. The maximum atomic E-state index is 12.6. The predicted octanol–water partition coefficient (Wildman–Crippen LogP) is 3.67. The van der Waals surface area contributed by atoms with Gasteiger partial charge < -0.3 is 4.42 Å². The van der Waals surface area contributed by atoms with Gasteiger partial charge in [-0.3, -0.25) is 4.98 Å². The topological polar surface area (TPSA) is 46.0 Å². The number of nitrogens with one attached hydrogen (secondary N) is 1. The Morgan fingerprint density at radius 3 is 1.75 bits per heavy atom. The summed E-state index contributed by atoms with van der Waals surface area (Å²) in [4.78, 5) is 12.8. The van der Waals surface area contributed by atoms with E-state index in [0.29, 0.717) is 12.1 Å². The first-order valence-electron chi connectivity index (χ1n) is 5.05. The van der Waals surface area contributed by atoms with E-state index in [1.165, 1.54) is 0 Å². The van der Waals surface area contributed by atoms with Crippen LogP contribution in [-0.2, 0) is 12.4 Å². The third kappa shape index (κ3) is 2.86. The van der Waals surface area contributed by atoms with Crippen molar-refractivity contribution in [3.63, 3.8) is 0 Å². The largest absolute Gasteiger partial charge is 0.416 e. The van der Waals surface area contributed by atoms with Crippen LogP contribution < -0.4 is 5.76 Å². The first-order valence-corrected chi connectivity index (χ1v) is 5.05. The fraction of sp³-hybridized carbons (Fsp3) is 0.182. The van der Waals surface area contributed by atoms with Crippen LogP contribution in [0.4, 0.5) is 26.3 Å². The Hall–Kier alpha value is -2.19. The number of alkyl halides is 6. The minimum absolute atomic E-state index is 0.00168. The first kappa shape index (κ1) is 14.2. The third-order valence-electron chi connectivity index (χ3n) is 2.42. The van der Waals surface area contributed by atoms with E-state index in [4.69, 9.17) is 0 Å². The van der Waals surface area contributed by atoms with Gasteiger partial charge in [0, 0.05) is 5.56 Å². The van der Waals surface area contributed by atoms with E-state index in [0.717, 1.165) is 6.26 Å². The molecule has 0 saturated carbocycles. The molecule has 2 rings (SSSR count). The monoisotopic (exact) mass is 297 g/mol. The van der Waals surface area contributed by atoms with E-state index in [-0.39, 0.29) is 11.8 Å². The summed E-state index contributed by atoms with van der Waals surface area (Å²) >= 11 is 0. The highest BCUT2D eigenvalue weighted by molar-refractivity contribution is 5.60. The quantitative estimate of drug-likeness (QED) is 0.816. The van der Waals surface area contributed by atoms with E-state index in [1.807, 2.05) is 4.98 Å². The van der Waals surface area contributed by atoms with Crippen LogP contribution in [0.3, 0.4) is 0 Å². The van der Waals surface area contributed by atoms with Crippen molar-refractivity contribution in [3.05, 3.63) is 46.1 Å². The Kier molecular flexibility index (Phi) is 3.15. The highest BCUT2D eigenvalue weighted by Gasteiger charge is 2.37. The van der Waals surface area contributed by atoms with Crippen molar-refractivity contribution in [1.29, 1.82) is 0 Å². The van der Waals surface area contributed by atoms with Gasteiger partial charge in [-0.15, -0.1) is 0 Å². The van der Waals surface area contributed by atoms with Gasteiger partial charge in [0.25, 0.3) is 0 Å². The molecule has 0 aliphatic carbocycles. The van der Waals surface area contributed by atoms with Gasteiger partial charge in [-0.05, 0) is 18.2 Å². The van der Waals surface area contributed by atoms with Crippen LogP contribution >= 0.6 is 0 Å². The number of benzene rings is 1. The number of aromatic amines is 1. The lowest BCUT2D eigenvalue weighted by molar-refractivity contribution is -0.143. The number of halogens is 6. The Balaban J connectivity index is 2.66. The molecule has 0 fully saturated rings. The van der Waals surface area contributed by atoms with Crippen LogP contribution in [0, 0.1) is 0 Å². The molecule has 2 aromatic rings. The Labute approximate surface area is 106 Å². The number of hydrogen-bond donors (Lipinski definition) is 1. The molecule has 0 amide bonds. The fourth-order valence-corrected chi connectivity index (χ4v) is 1.53. The molecule has 3 nitrogen and oxygen atoms in total. The van der Waals surface area contributed by atoms with E-state index < -0.39 is 34.8 Å². The van der Waals surface area contributed by atoms with Gasteiger partial charge in [0.15, 0.2) is 0 Å². The first-order chi connectivity index (χ1) is 9.07. The number of hydrogen-bond acceptors (Lipinski definition) is 2. The van der Waals surface area contributed by atoms with E-state index >= 15 is 0 Å². The van der Waals surface area contributed by atoms with E-state index in [1.54, 1.807) is 0 Å². The van der Waals surface area contributed by atoms with Crippen LogP contribution in [0.15, 0.2) is 33.7 Å². The maximum Gasteiger partial charge on any atom is 0.416 e. The molecule has 0 saturated heterocycles. The molecule has 0 unspecified atom stereocenters. The molecule has 20 heavy (non-hydrogen) atoms. The molecule has 0 atom stereocenters. The van der Waals surface area contributed by atoms with Crippen molar-refractivity contribution in [2.24, 2.45) is 0 Å². The molecule has 0 radical (unpaired) electrons. The molecule has 9 heteroatoms. The molecule has 0 bridgehead atoms. The molecule has 1 aromatic carbocycles. The Morgan fingerprint density at radius 1 is 0.900 bits per heavy atom. The lowest BCUT2D eigenvalue weighted by atomic mass is 10.0. The molecule has 0 spiro atoms. The van der Waals surface area contributed by atoms with Crippen LogP contribution in [0.1, 0.15) is 11.1 Å². The molecule has 108 valence electrons. The zero-order chi connectivity index (χ0) is 15.1. The molecule has 1 aromatic heterocycles. The van der Waals surface area contributed by atoms with Crippen molar-refractivity contribution in [1.82, 2.24) is 4.98 Å². The van der Waals surface area contributed by atoms with Crippen LogP contribution in [-0.4, -0.2) is 4.98 Å². The van der Waals surface area contributed by atoms with Gasteiger partial charge in [0.05, 0.1) is 16.8 Å². The number of aromatic nitrogens is 1. The molecule has 1 heterocycles. The minimum atomic E-state index is -4.94. The number of H-pyrrole nitrogens is 1. The smallest absolute Gasteiger partial charge is 0.416 e. The average Bonchev–Trinajstić information content (AvgIpc) is 2.73. The number of rotatable bonds is 1. The number of oxazole rings is 1. The predicted molar refractivity (Wildman–Crippen MR) is 54.8 cm³/mol. The Bertz CT molecular complexity index is 647. The van der Waals surface area contributed by atoms with Gasteiger partial charge >= 0.3 is 18.1 Å². The summed E-state index contributed by atoms with van der Waals surface area (Å²) in [6, 6.07) is 0.994. The van der Waals surface area contributed by atoms with Gasteiger partial charge in [0.1, 0.15) is 6.26 Å². The highest BCUT2D eigenvalue weighted by Crippen LogP contribution is 2.38. The zero-order valence-corrected chi connectivity index (χ0v) is 9.39. The summed E-state index contributed by atoms with van der Waals surface area (Å²) in [5, 5.41) is 0. The van der Waals surface area contributed by atoms with Crippen LogP contribution in [0.5, 0.6) is 0 Å². The SMILES string of the molecule is O=c1[nH]c(-c2cc(C(F)(F)F)cc(C(F)(F)F)c2)co1. The second-order valence-corrected chi connectivity index (χ2v) is 3.86. The molecular formula is C11H5F6NO2. The molecule has 0 aliphatic heterocycles. The molecule has 1 N–H and O–H groups in total. The van der Waals surface area contributed by atoms with Crippen molar-refractivity contribution < 1.29 is 30.8 Å². The van der Waals surface area contributed by atoms with Crippen LogP contribution in [0.25, 0.3) is 11.3 Å². The van der Waals surface area contributed by atoms with Gasteiger partial charge in [-0.25, -0.2) is 4.79 Å². The Morgan fingerprint density at radius 2 is 1.40 bits per heavy atom. The zero-order valence-electron chi connectivity index (χ0n) is 9.39. The second-order valence-electron chi connectivity index (χ2n) is 3.86. The second kappa shape index (κ2) is 4.43. The standard InChI is InChI=1S/C11H5F6NO2/c12-10(13,14)6-1-5(8-4-20-9(19)18-8)2-7(3-6)11(15,16)17/h1-4H,(H,18,19). The third-order valence-corrected chi connectivity index (χ3v) is 2.42. The average molecular weight is 297 g/mol. The molecule has 0 aliphatic rings. The lowest BCUT2D eigenvalue weighted by Gasteiger charge is -2.13. The van der Waals surface area contributed by atoms with Crippen molar-refractivity contribution in [3.8, 4) is 11.3 Å². The van der Waals surface area contributed by atoms with Crippen molar-refractivity contribution in [2.45, 2.75) is 12.4 Å². The minimum Gasteiger partial charge on any atom is -0.416 e. The maximum absolute atomic E-state index is 12.6.